The quantitative estimate of drug-likeness (QED) is 0.778. The lowest BCUT2D eigenvalue weighted by Gasteiger charge is -2.26. The van der Waals surface area contributed by atoms with Crippen molar-refractivity contribution in [2.75, 3.05) is 44.7 Å². The van der Waals surface area contributed by atoms with Gasteiger partial charge in [0.2, 0.25) is 10.1 Å². The number of nitrogens with one attached hydrogen (secondary N) is 1. The van der Waals surface area contributed by atoms with E-state index in [1.54, 1.807) is 11.3 Å². The maximum Gasteiger partial charge on any atom is 0.214 e. The Morgan fingerprint density at radius 2 is 2.00 bits per heavy atom. The largest absolute Gasteiger partial charge is 0.379 e. The van der Waals surface area contributed by atoms with E-state index in [-0.39, 0.29) is 0 Å². The molecular weight excluding hydrogens is 310 g/mol. The van der Waals surface area contributed by atoms with E-state index in [0.717, 1.165) is 60.7 Å². The molecule has 1 N–H and O–H groups in total. The van der Waals surface area contributed by atoms with Crippen LogP contribution in [-0.4, -0.2) is 58.9 Å². The van der Waals surface area contributed by atoms with Gasteiger partial charge in [-0.3, -0.25) is 4.90 Å². The Bertz CT molecular complexity index is 732. The number of hydrogen-bond acceptors (Lipinski definition) is 6. The Hall–Kier alpha value is -1.96. The number of morpholine rings is 1. The fourth-order valence-corrected chi connectivity index (χ4v) is 3.47. The normalized spacial score (nSPS) is 16.0. The first-order chi connectivity index (χ1) is 11.4. The van der Waals surface area contributed by atoms with Crippen molar-refractivity contribution in [1.29, 1.82) is 0 Å². The summed E-state index contributed by atoms with van der Waals surface area (Å²) in [7, 11) is 0. The van der Waals surface area contributed by atoms with E-state index in [0.29, 0.717) is 0 Å². The second-order valence-electron chi connectivity index (χ2n) is 5.51. The van der Waals surface area contributed by atoms with Gasteiger partial charge in [-0.25, -0.2) is 9.50 Å². The third-order valence-electron chi connectivity index (χ3n) is 3.92. The van der Waals surface area contributed by atoms with Crippen LogP contribution >= 0.6 is 11.3 Å². The Kier molecular flexibility index (Phi) is 4.23. The summed E-state index contributed by atoms with van der Waals surface area (Å²) in [5.74, 6) is 0. The van der Waals surface area contributed by atoms with Gasteiger partial charge < -0.3 is 10.1 Å². The van der Waals surface area contributed by atoms with Crippen molar-refractivity contribution in [2.45, 2.75) is 0 Å². The van der Waals surface area contributed by atoms with Crippen molar-refractivity contribution in [3.63, 3.8) is 0 Å². The average molecular weight is 329 g/mol. The molecule has 1 aliphatic rings. The van der Waals surface area contributed by atoms with Crippen LogP contribution in [0.15, 0.2) is 36.5 Å². The smallest absolute Gasteiger partial charge is 0.214 e. The molecule has 3 aromatic rings. The van der Waals surface area contributed by atoms with Gasteiger partial charge in [0, 0.05) is 31.7 Å². The lowest BCUT2D eigenvalue weighted by molar-refractivity contribution is 0.0398. The molecule has 1 aliphatic heterocycles. The third-order valence-corrected chi connectivity index (χ3v) is 4.80. The maximum absolute atomic E-state index is 5.36. The van der Waals surface area contributed by atoms with Crippen molar-refractivity contribution in [2.24, 2.45) is 0 Å². The summed E-state index contributed by atoms with van der Waals surface area (Å²) in [4.78, 5) is 7.97. The molecule has 4 rings (SSSR count). The van der Waals surface area contributed by atoms with Crippen LogP contribution in [0.4, 0.5) is 5.13 Å². The number of hydrogen-bond donors (Lipinski definition) is 1. The molecule has 1 aromatic carbocycles. The van der Waals surface area contributed by atoms with Crippen LogP contribution in [0.1, 0.15) is 0 Å². The third kappa shape index (κ3) is 3.36. The number of rotatable bonds is 5. The average Bonchev–Trinajstić information content (AvgIpc) is 3.15. The van der Waals surface area contributed by atoms with Crippen LogP contribution in [0, 0.1) is 0 Å². The zero-order valence-electron chi connectivity index (χ0n) is 12.8. The Morgan fingerprint density at radius 1 is 1.17 bits per heavy atom. The van der Waals surface area contributed by atoms with E-state index < -0.39 is 0 Å². The van der Waals surface area contributed by atoms with Gasteiger partial charge >= 0.3 is 0 Å². The SMILES string of the molecule is c1ccc(-c2cn3nc(NCCN4CCOCC4)sc3n2)cc1. The van der Waals surface area contributed by atoms with Crippen LogP contribution in [0.2, 0.25) is 0 Å². The number of benzene rings is 1. The second kappa shape index (κ2) is 6.66. The molecule has 0 atom stereocenters. The minimum atomic E-state index is 0.841. The molecule has 120 valence electrons. The van der Waals surface area contributed by atoms with E-state index in [2.05, 4.69) is 32.4 Å². The molecule has 2 aromatic heterocycles. The molecular formula is C16H19N5OS. The zero-order chi connectivity index (χ0) is 15.5. The van der Waals surface area contributed by atoms with Crippen molar-refractivity contribution >= 4 is 21.4 Å². The summed E-state index contributed by atoms with van der Waals surface area (Å²) >= 11 is 1.59. The molecule has 1 saturated heterocycles. The van der Waals surface area contributed by atoms with Crippen LogP contribution in [0.25, 0.3) is 16.2 Å². The van der Waals surface area contributed by atoms with Crippen LogP contribution in [0.3, 0.4) is 0 Å². The fraction of sp³-hybridized carbons (Fsp3) is 0.375. The molecule has 0 radical (unpaired) electrons. The van der Waals surface area contributed by atoms with Crippen molar-refractivity contribution in [1.82, 2.24) is 19.5 Å². The molecule has 0 amide bonds. The van der Waals surface area contributed by atoms with Gasteiger partial charge in [-0.05, 0) is 0 Å². The lowest BCUT2D eigenvalue weighted by atomic mass is 10.2. The van der Waals surface area contributed by atoms with Gasteiger partial charge in [0.15, 0.2) is 0 Å². The number of ether oxygens (including phenoxy) is 1. The second-order valence-corrected chi connectivity index (χ2v) is 6.46. The summed E-state index contributed by atoms with van der Waals surface area (Å²) in [6, 6.07) is 10.2. The first-order valence-corrected chi connectivity index (χ1v) is 8.66. The summed E-state index contributed by atoms with van der Waals surface area (Å²) in [5.41, 5.74) is 2.08. The molecule has 0 aliphatic carbocycles. The summed E-state index contributed by atoms with van der Waals surface area (Å²) in [6.07, 6.45) is 1.98. The number of nitrogens with zero attached hydrogens (tertiary/aromatic N) is 4. The standard InChI is InChI=1S/C16H19N5OS/c1-2-4-13(5-3-1)14-12-21-16(18-14)23-15(19-21)17-6-7-20-8-10-22-11-9-20/h1-5,12H,6-11H2,(H,17,19). The van der Waals surface area contributed by atoms with Gasteiger partial charge in [-0.1, -0.05) is 41.7 Å². The summed E-state index contributed by atoms with van der Waals surface area (Å²) < 4.78 is 7.21. The summed E-state index contributed by atoms with van der Waals surface area (Å²) in [5, 5.41) is 8.87. The van der Waals surface area contributed by atoms with Crippen molar-refractivity contribution in [3.8, 4) is 11.3 Å². The molecule has 0 saturated carbocycles. The number of imidazole rings is 1. The Labute approximate surface area is 138 Å². The van der Waals surface area contributed by atoms with Gasteiger partial charge in [0.05, 0.1) is 25.1 Å². The molecule has 6 nitrogen and oxygen atoms in total. The van der Waals surface area contributed by atoms with Gasteiger partial charge in [0.25, 0.3) is 0 Å². The van der Waals surface area contributed by atoms with E-state index >= 15 is 0 Å². The minimum Gasteiger partial charge on any atom is -0.379 e. The van der Waals surface area contributed by atoms with Gasteiger partial charge in [0.1, 0.15) is 0 Å². The highest BCUT2D eigenvalue weighted by molar-refractivity contribution is 7.20. The maximum atomic E-state index is 5.36. The number of aromatic nitrogens is 3. The summed E-state index contributed by atoms with van der Waals surface area (Å²) in [6.45, 7) is 5.62. The number of anilines is 1. The topological polar surface area (TPSA) is 54.7 Å². The first-order valence-electron chi connectivity index (χ1n) is 7.84. The zero-order valence-corrected chi connectivity index (χ0v) is 13.6. The Morgan fingerprint density at radius 3 is 2.78 bits per heavy atom. The Balaban J connectivity index is 1.38. The van der Waals surface area contributed by atoms with Crippen LogP contribution in [-0.2, 0) is 4.74 Å². The van der Waals surface area contributed by atoms with E-state index in [9.17, 15) is 0 Å². The minimum absolute atomic E-state index is 0.841. The van der Waals surface area contributed by atoms with E-state index in [1.807, 2.05) is 28.9 Å². The molecule has 0 unspecified atom stereocenters. The van der Waals surface area contributed by atoms with Gasteiger partial charge in [-0.15, -0.1) is 5.10 Å². The first kappa shape index (κ1) is 14.6. The van der Waals surface area contributed by atoms with E-state index in [1.165, 1.54) is 0 Å². The predicted molar refractivity (Wildman–Crippen MR) is 92.0 cm³/mol. The monoisotopic (exact) mass is 329 g/mol. The fourth-order valence-electron chi connectivity index (χ4n) is 2.67. The highest BCUT2D eigenvalue weighted by atomic mass is 32.1. The number of fused-ring (bicyclic) bond motifs is 1. The van der Waals surface area contributed by atoms with E-state index in [4.69, 9.17) is 4.74 Å². The predicted octanol–water partition coefficient (Wildman–Crippen LogP) is 2.20. The molecule has 23 heavy (non-hydrogen) atoms. The molecule has 1 fully saturated rings. The molecule has 3 heterocycles. The van der Waals surface area contributed by atoms with Crippen molar-refractivity contribution in [3.05, 3.63) is 36.5 Å². The molecule has 7 heteroatoms. The van der Waals surface area contributed by atoms with Crippen LogP contribution in [0.5, 0.6) is 0 Å². The lowest BCUT2D eigenvalue weighted by Crippen LogP contribution is -2.39. The molecule has 0 bridgehead atoms. The van der Waals surface area contributed by atoms with Gasteiger partial charge in [-0.2, -0.15) is 0 Å². The highest BCUT2D eigenvalue weighted by Gasteiger charge is 2.11. The highest BCUT2D eigenvalue weighted by Crippen LogP contribution is 2.24. The van der Waals surface area contributed by atoms with Crippen LogP contribution < -0.4 is 5.32 Å². The van der Waals surface area contributed by atoms with Crippen molar-refractivity contribution < 1.29 is 4.74 Å². The molecule has 0 spiro atoms.